The lowest BCUT2D eigenvalue weighted by molar-refractivity contribution is 0.586. The number of fused-ring (bicyclic) bond motifs is 4. The van der Waals surface area contributed by atoms with E-state index in [1.807, 2.05) is 0 Å². The fraction of sp³-hybridized carbons (Fsp3) is 0.180. The first kappa shape index (κ1) is 38.7. The predicted molar refractivity (Wildman–Crippen MR) is 262 cm³/mol. The van der Waals surface area contributed by atoms with Crippen molar-refractivity contribution in [2.45, 2.75) is 71.6 Å². The highest BCUT2D eigenvalue weighted by molar-refractivity contribution is 5.96. The monoisotopic (exact) mass is 786 g/mol. The summed E-state index contributed by atoms with van der Waals surface area (Å²) < 4.78 is 0. The molecule has 2 aliphatic carbocycles. The minimum Gasteiger partial charge on any atom is -0.0801 e. The zero-order valence-corrected chi connectivity index (χ0v) is 36.4. The average molecular weight is 787 g/mol. The molecule has 8 aromatic carbocycles. The Labute approximate surface area is 361 Å². The molecule has 10 rings (SSSR count). The fourth-order valence-electron chi connectivity index (χ4n) is 10.1. The van der Waals surface area contributed by atoms with E-state index < -0.39 is 0 Å². The van der Waals surface area contributed by atoms with Crippen LogP contribution in [0, 0.1) is 10.4 Å². The summed E-state index contributed by atoms with van der Waals surface area (Å²) in [6.07, 6.45) is 12.2. The van der Waals surface area contributed by atoms with Crippen LogP contribution in [0.4, 0.5) is 0 Å². The molecule has 0 unspecified atom stereocenters. The zero-order valence-electron chi connectivity index (χ0n) is 36.4. The van der Waals surface area contributed by atoms with E-state index in [4.69, 9.17) is 0 Å². The van der Waals surface area contributed by atoms with Gasteiger partial charge in [0.2, 0.25) is 0 Å². The summed E-state index contributed by atoms with van der Waals surface area (Å²) in [6.45, 7) is 14.5. The van der Waals surface area contributed by atoms with Crippen molar-refractivity contribution in [3.63, 3.8) is 0 Å². The molecule has 298 valence electrons. The first-order valence-corrected chi connectivity index (χ1v) is 22.1. The van der Waals surface area contributed by atoms with Crippen molar-refractivity contribution in [3.05, 3.63) is 230 Å². The summed E-state index contributed by atoms with van der Waals surface area (Å²) in [4.78, 5) is 0. The van der Waals surface area contributed by atoms with Gasteiger partial charge in [0.1, 0.15) is 0 Å². The molecule has 0 radical (unpaired) electrons. The van der Waals surface area contributed by atoms with Crippen LogP contribution in [0.2, 0.25) is 0 Å². The molecule has 0 heterocycles. The van der Waals surface area contributed by atoms with Gasteiger partial charge in [-0.05, 0) is 164 Å². The predicted octanol–water partition coefficient (Wildman–Crippen LogP) is 14.3. The smallest absolute Gasteiger partial charge is 0.00232 e. The third-order valence-corrected chi connectivity index (χ3v) is 12.9. The largest absolute Gasteiger partial charge is 0.0801 e. The average Bonchev–Trinajstić information content (AvgIpc) is 3.93. The quantitative estimate of drug-likeness (QED) is 0.151. The third-order valence-electron chi connectivity index (χ3n) is 12.9. The van der Waals surface area contributed by atoms with Crippen LogP contribution < -0.4 is 10.4 Å². The van der Waals surface area contributed by atoms with Crippen molar-refractivity contribution in [1.82, 2.24) is 0 Å². The van der Waals surface area contributed by atoms with Crippen LogP contribution in [-0.2, 0) is 23.7 Å². The lowest BCUT2D eigenvalue weighted by Gasteiger charge is -2.30. The topological polar surface area (TPSA) is 0 Å². The van der Waals surface area contributed by atoms with Gasteiger partial charge in [-0.1, -0.05) is 199 Å². The van der Waals surface area contributed by atoms with Crippen molar-refractivity contribution in [2.24, 2.45) is 0 Å². The van der Waals surface area contributed by atoms with Crippen molar-refractivity contribution >= 4 is 38.8 Å². The van der Waals surface area contributed by atoms with Crippen molar-refractivity contribution in [2.75, 3.05) is 0 Å². The van der Waals surface area contributed by atoms with Gasteiger partial charge in [-0.2, -0.15) is 0 Å². The number of hydrogen-bond donors (Lipinski definition) is 0. The maximum atomic E-state index is 2.58. The highest BCUT2D eigenvalue weighted by Gasteiger charge is 2.31. The van der Waals surface area contributed by atoms with Gasteiger partial charge in [-0.25, -0.2) is 0 Å². The maximum Gasteiger partial charge on any atom is -0.00232 e. The molecule has 0 N–H and O–H groups in total. The first-order valence-electron chi connectivity index (χ1n) is 22.1. The van der Waals surface area contributed by atoms with Crippen molar-refractivity contribution in [1.29, 1.82) is 0 Å². The van der Waals surface area contributed by atoms with Gasteiger partial charge in [-0.3, -0.25) is 0 Å². The molecule has 0 saturated heterocycles. The Kier molecular flexibility index (Phi) is 9.64. The van der Waals surface area contributed by atoms with E-state index in [1.165, 1.54) is 109 Å². The van der Waals surface area contributed by atoms with Crippen molar-refractivity contribution in [3.8, 4) is 22.3 Å². The second-order valence-electron chi connectivity index (χ2n) is 19.3. The lowest BCUT2D eigenvalue weighted by atomic mass is 9.73. The summed E-state index contributed by atoms with van der Waals surface area (Å²) in [6, 6.07) is 59.1. The van der Waals surface area contributed by atoms with E-state index in [2.05, 4.69) is 224 Å². The molecule has 61 heavy (non-hydrogen) atoms. The summed E-state index contributed by atoms with van der Waals surface area (Å²) in [5.74, 6) is 0. The number of hydrogen-bond acceptors (Lipinski definition) is 0. The van der Waals surface area contributed by atoms with Crippen LogP contribution in [0.1, 0.15) is 81.3 Å². The molecule has 2 aliphatic rings. The number of allylic oxidation sites excluding steroid dienone is 4. The van der Waals surface area contributed by atoms with Crippen LogP contribution in [-0.4, -0.2) is 0 Å². The fourth-order valence-corrected chi connectivity index (χ4v) is 10.1. The Hall–Kier alpha value is -6.50. The molecule has 0 aliphatic heterocycles. The molecular formula is C61H54. The van der Waals surface area contributed by atoms with Crippen LogP contribution in [0.5, 0.6) is 0 Å². The lowest BCUT2D eigenvalue weighted by Crippen LogP contribution is -2.30. The molecule has 0 saturated carbocycles. The molecule has 0 nitrogen and oxygen atoms in total. The maximum absolute atomic E-state index is 2.58. The Morgan fingerprint density at radius 2 is 1.08 bits per heavy atom. The molecule has 0 bridgehead atoms. The van der Waals surface area contributed by atoms with Crippen molar-refractivity contribution < 1.29 is 0 Å². The second-order valence-corrected chi connectivity index (χ2v) is 19.3. The minimum absolute atomic E-state index is 0.0990. The van der Waals surface area contributed by atoms with Gasteiger partial charge in [0.15, 0.2) is 0 Å². The Morgan fingerprint density at radius 3 is 1.64 bits per heavy atom. The third kappa shape index (κ3) is 7.19. The van der Waals surface area contributed by atoms with Gasteiger partial charge in [0.25, 0.3) is 0 Å². The van der Waals surface area contributed by atoms with Gasteiger partial charge in [0.05, 0.1) is 0 Å². The van der Waals surface area contributed by atoms with E-state index >= 15 is 0 Å². The van der Waals surface area contributed by atoms with Crippen LogP contribution in [0.15, 0.2) is 176 Å². The van der Waals surface area contributed by atoms with Gasteiger partial charge < -0.3 is 0 Å². The summed E-state index contributed by atoms with van der Waals surface area (Å²) in [5.41, 5.74) is 16.0. The molecule has 0 spiro atoms. The standard InChI is InChI=1S/C61H54/c1-60(2,3)54-39-52-49(37-51(54)47-31-29-42-23-13-17-27-45(42)35-47)38-53-55(44-25-15-16-26-44)56(48-32-30-43-24-14-18-28-46(43)36-48)59(61(4,5)6)57(58(52)53)50(33-40-19-9-7-10-20-40)34-41-21-11-8-12-22-41/h7-25,27-32,35-39H,26,33-34H2,1-6H3. The molecule has 0 amide bonds. The van der Waals surface area contributed by atoms with E-state index in [-0.39, 0.29) is 10.8 Å². The molecule has 8 aromatic rings. The minimum atomic E-state index is -0.202. The molecule has 0 heteroatoms. The van der Waals surface area contributed by atoms with Gasteiger partial charge in [-0.15, -0.1) is 0 Å². The Bertz CT molecular complexity index is 3260. The normalized spacial score (nSPS) is 13.3. The van der Waals surface area contributed by atoms with Gasteiger partial charge >= 0.3 is 0 Å². The summed E-state index contributed by atoms with van der Waals surface area (Å²) in [5, 5.41) is 10.5. The highest BCUT2D eigenvalue weighted by atomic mass is 14.3. The Balaban J connectivity index is 1.44. The number of rotatable bonds is 7. The molecule has 0 fully saturated rings. The summed E-state index contributed by atoms with van der Waals surface area (Å²) >= 11 is 0. The SMILES string of the molecule is CC(C)(C)c1cc2c(cc1-c1ccc3ccccc3c1)=Cc1c(C3=CC=CC3)c(-c3ccc4ccccc4c3)c(C(C)(C)C)c(=C(Cc3ccccc3)Cc3ccccc3)c1=2. The van der Waals surface area contributed by atoms with Gasteiger partial charge in [0, 0.05) is 0 Å². The molecular weight excluding hydrogens is 733 g/mol. The summed E-state index contributed by atoms with van der Waals surface area (Å²) in [7, 11) is 0. The van der Waals surface area contributed by atoms with E-state index in [1.54, 1.807) is 0 Å². The second kappa shape index (κ2) is 15.2. The van der Waals surface area contributed by atoms with Crippen LogP contribution >= 0.6 is 0 Å². The van der Waals surface area contributed by atoms with E-state index in [0.29, 0.717) is 0 Å². The molecule has 0 aromatic heterocycles. The Morgan fingerprint density at radius 1 is 0.525 bits per heavy atom. The number of benzene rings is 8. The molecule has 0 atom stereocenters. The van der Waals surface area contributed by atoms with E-state index in [9.17, 15) is 0 Å². The highest BCUT2D eigenvalue weighted by Crippen LogP contribution is 2.44. The zero-order chi connectivity index (χ0) is 41.9. The van der Waals surface area contributed by atoms with Crippen LogP contribution in [0.3, 0.4) is 0 Å². The van der Waals surface area contributed by atoms with Crippen LogP contribution in [0.25, 0.3) is 61.0 Å². The van der Waals surface area contributed by atoms with E-state index in [0.717, 1.165) is 19.3 Å². The first-order chi connectivity index (χ1) is 29.5.